The van der Waals surface area contributed by atoms with Gasteiger partial charge in [0.1, 0.15) is 5.75 Å². The standard InChI is InChI=1S/C17H22ClNO2/c1-3-10-19-16(14-9-12-21-17(14)18)13-7-5-6-8-15(13)20-11-4-2/h5-9,12,16,19H,3-4,10-11H2,1-2H3. The number of hydrogen-bond acceptors (Lipinski definition) is 3. The van der Waals surface area contributed by atoms with E-state index in [1.165, 1.54) is 0 Å². The molecular formula is C17H22ClNO2. The molecule has 0 amide bonds. The van der Waals surface area contributed by atoms with E-state index in [9.17, 15) is 0 Å². The lowest BCUT2D eigenvalue weighted by Crippen LogP contribution is -2.23. The van der Waals surface area contributed by atoms with Crippen LogP contribution in [0.3, 0.4) is 0 Å². The summed E-state index contributed by atoms with van der Waals surface area (Å²) in [6.45, 7) is 5.84. The summed E-state index contributed by atoms with van der Waals surface area (Å²) in [5.41, 5.74) is 2.03. The Balaban J connectivity index is 2.34. The number of ether oxygens (including phenoxy) is 1. The predicted octanol–water partition coefficient (Wildman–Crippen LogP) is 4.81. The van der Waals surface area contributed by atoms with E-state index in [2.05, 4.69) is 25.2 Å². The van der Waals surface area contributed by atoms with Gasteiger partial charge in [0.25, 0.3) is 0 Å². The fourth-order valence-corrected chi connectivity index (χ4v) is 2.47. The lowest BCUT2D eigenvalue weighted by atomic mass is 10.00. The zero-order chi connectivity index (χ0) is 15.1. The Kier molecular flexibility index (Phi) is 6.15. The van der Waals surface area contributed by atoms with Gasteiger partial charge in [0, 0.05) is 11.1 Å². The van der Waals surface area contributed by atoms with E-state index in [1.807, 2.05) is 24.3 Å². The maximum atomic E-state index is 6.17. The Bertz CT molecular complexity index is 553. The molecule has 0 aliphatic rings. The van der Waals surface area contributed by atoms with Crippen molar-refractivity contribution in [2.45, 2.75) is 32.7 Å². The minimum atomic E-state index is -0.0238. The number of furan rings is 1. The van der Waals surface area contributed by atoms with Crippen molar-refractivity contribution >= 4 is 11.6 Å². The third kappa shape index (κ3) is 4.02. The summed E-state index contributed by atoms with van der Waals surface area (Å²) in [5.74, 6) is 0.894. The van der Waals surface area contributed by atoms with Gasteiger partial charge >= 0.3 is 0 Å². The Morgan fingerprint density at radius 1 is 1.14 bits per heavy atom. The lowest BCUT2D eigenvalue weighted by molar-refractivity contribution is 0.311. The van der Waals surface area contributed by atoms with E-state index in [0.717, 1.165) is 36.3 Å². The van der Waals surface area contributed by atoms with Crippen LogP contribution in [-0.4, -0.2) is 13.2 Å². The zero-order valence-electron chi connectivity index (χ0n) is 12.6. The molecule has 0 aliphatic carbocycles. The fraction of sp³-hybridized carbons (Fsp3) is 0.412. The normalized spacial score (nSPS) is 12.3. The SMILES string of the molecule is CCCNC(c1ccccc1OCCC)c1ccoc1Cl. The minimum absolute atomic E-state index is 0.0238. The molecule has 2 rings (SSSR count). The molecule has 0 saturated heterocycles. The van der Waals surface area contributed by atoms with Crippen molar-refractivity contribution in [2.24, 2.45) is 0 Å². The van der Waals surface area contributed by atoms with Crippen LogP contribution in [0.2, 0.25) is 5.22 Å². The van der Waals surface area contributed by atoms with E-state index in [-0.39, 0.29) is 6.04 Å². The monoisotopic (exact) mass is 307 g/mol. The van der Waals surface area contributed by atoms with Crippen LogP contribution in [-0.2, 0) is 0 Å². The molecule has 1 heterocycles. The van der Waals surface area contributed by atoms with Gasteiger partial charge in [-0.25, -0.2) is 0 Å². The minimum Gasteiger partial charge on any atom is -0.493 e. The second kappa shape index (κ2) is 8.11. The molecule has 0 aliphatic heterocycles. The van der Waals surface area contributed by atoms with Gasteiger partial charge in [0.15, 0.2) is 5.22 Å². The van der Waals surface area contributed by atoms with Crippen molar-refractivity contribution in [1.82, 2.24) is 5.32 Å². The second-order valence-electron chi connectivity index (χ2n) is 4.92. The number of nitrogens with one attached hydrogen (secondary N) is 1. The Hall–Kier alpha value is -1.45. The first-order valence-corrected chi connectivity index (χ1v) is 7.83. The van der Waals surface area contributed by atoms with Crippen molar-refractivity contribution in [3.05, 3.63) is 52.9 Å². The lowest BCUT2D eigenvalue weighted by Gasteiger charge is -2.21. The largest absolute Gasteiger partial charge is 0.493 e. The van der Waals surface area contributed by atoms with E-state index >= 15 is 0 Å². The Morgan fingerprint density at radius 2 is 1.95 bits per heavy atom. The molecule has 114 valence electrons. The zero-order valence-corrected chi connectivity index (χ0v) is 13.3. The maximum Gasteiger partial charge on any atom is 0.198 e. The van der Waals surface area contributed by atoms with Crippen LogP contribution < -0.4 is 10.1 Å². The third-order valence-electron chi connectivity index (χ3n) is 3.25. The van der Waals surface area contributed by atoms with Gasteiger partial charge in [-0.3, -0.25) is 0 Å². The number of para-hydroxylation sites is 1. The molecule has 3 nitrogen and oxygen atoms in total. The van der Waals surface area contributed by atoms with Crippen LogP contribution in [0.25, 0.3) is 0 Å². The molecule has 0 fully saturated rings. The first kappa shape index (κ1) is 15.9. The summed E-state index contributed by atoms with van der Waals surface area (Å²) < 4.78 is 11.1. The highest BCUT2D eigenvalue weighted by Gasteiger charge is 2.21. The molecule has 4 heteroatoms. The summed E-state index contributed by atoms with van der Waals surface area (Å²) in [5, 5.41) is 3.95. The molecule has 1 atom stereocenters. The average molecular weight is 308 g/mol. The van der Waals surface area contributed by atoms with Crippen LogP contribution in [0.4, 0.5) is 0 Å². The molecule has 1 aromatic carbocycles. The van der Waals surface area contributed by atoms with Gasteiger partial charge in [0.05, 0.1) is 18.9 Å². The summed E-state index contributed by atoms with van der Waals surface area (Å²) >= 11 is 6.17. The molecule has 0 spiro atoms. The Morgan fingerprint density at radius 3 is 2.62 bits per heavy atom. The highest BCUT2D eigenvalue weighted by molar-refractivity contribution is 6.29. The molecule has 21 heavy (non-hydrogen) atoms. The highest BCUT2D eigenvalue weighted by atomic mass is 35.5. The third-order valence-corrected chi connectivity index (χ3v) is 3.55. The van der Waals surface area contributed by atoms with Crippen LogP contribution in [0.15, 0.2) is 41.0 Å². The van der Waals surface area contributed by atoms with Crippen molar-refractivity contribution in [1.29, 1.82) is 0 Å². The maximum absolute atomic E-state index is 6.17. The van der Waals surface area contributed by atoms with Gasteiger partial charge in [-0.1, -0.05) is 32.0 Å². The summed E-state index contributed by atoms with van der Waals surface area (Å²) in [7, 11) is 0. The average Bonchev–Trinajstić information content (AvgIpc) is 2.93. The molecular weight excluding hydrogens is 286 g/mol. The van der Waals surface area contributed by atoms with E-state index in [1.54, 1.807) is 6.26 Å². The topological polar surface area (TPSA) is 34.4 Å². The fourth-order valence-electron chi connectivity index (χ4n) is 2.25. The van der Waals surface area contributed by atoms with Crippen molar-refractivity contribution in [3.63, 3.8) is 0 Å². The molecule has 1 unspecified atom stereocenters. The first-order chi connectivity index (χ1) is 10.3. The van der Waals surface area contributed by atoms with E-state index in [0.29, 0.717) is 11.8 Å². The molecule has 0 radical (unpaired) electrons. The van der Waals surface area contributed by atoms with Gasteiger partial charge in [-0.15, -0.1) is 0 Å². The number of rotatable bonds is 8. The van der Waals surface area contributed by atoms with Gasteiger partial charge in [-0.05, 0) is 43.1 Å². The van der Waals surface area contributed by atoms with Crippen LogP contribution in [0.5, 0.6) is 5.75 Å². The van der Waals surface area contributed by atoms with Crippen LogP contribution in [0.1, 0.15) is 43.9 Å². The van der Waals surface area contributed by atoms with Crippen molar-refractivity contribution in [2.75, 3.05) is 13.2 Å². The van der Waals surface area contributed by atoms with Crippen molar-refractivity contribution < 1.29 is 9.15 Å². The van der Waals surface area contributed by atoms with Crippen LogP contribution >= 0.6 is 11.6 Å². The quantitative estimate of drug-likeness (QED) is 0.760. The van der Waals surface area contributed by atoms with E-state index < -0.39 is 0 Å². The van der Waals surface area contributed by atoms with Gasteiger partial charge in [-0.2, -0.15) is 0 Å². The molecule has 1 N–H and O–H groups in total. The molecule has 0 saturated carbocycles. The number of hydrogen-bond donors (Lipinski definition) is 1. The second-order valence-corrected chi connectivity index (χ2v) is 5.27. The van der Waals surface area contributed by atoms with E-state index in [4.69, 9.17) is 20.8 Å². The smallest absolute Gasteiger partial charge is 0.198 e. The van der Waals surface area contributed by atoms with Crippen molar-refractivity contribution in [3.8, 4) is 5.75 Å². The summed E-state index contributed by atoms with van der Waals surface area (Å²) in [6, 6.07) is 9.96. The van der Waals surface area contributed by atoms with Gasteiger partial charge in [0.2, 0.25) is 0 Å². The highest BCUT2D eigenvalue weighted by Crippen LogP contribution is 2.34. The first-order valence-electron chi connectivity index (χ1n) is 7.45. The number of benzene rings is 1. The number of halogens is 1. The van der Waals surface area contributed by atoms with Crippen LogP contribution in [0, 0.1) is 0 Å². The predicted molar refractivity (Wildman–Crippen MR) is 86.1 cm³/mol. The summed E-state index contributed by atoms with van der Waals surface area (Å²) in [4.78, 5) is 0. The molecule has 2 aromatic rings. The Labute approximate surface area is 131 Å². The molecule has 0 bridgehead atoms. The molecule has 1 aromatic heterocycles. The summed E-state index contributed by atoms with van der Waals surface area (Å²) in [6.07, 6.45) is 3.64. The van der Waals surface area contributed by atoms with Gasteiger partial charge < -0.3 is 14.5 Å².